The predicted molar refractivity (Wildman–Crippen MR) is 113 cm³/mol. The topological polar surface area (TPSA) is 51.7 Å². The van der Waals surface area contributed by atoms with E-state index in [1.165, 1.54) is 0 Å². The van der Waals surface area contributed by atoms with E-state index < -0.39 is 0 Å². The molecule has 0 bridgehead atoms. The van der Waals surface area contributed by atoms with E-state index in [-0.39, 0.29) is 5.91 Å². The van der Waals surface area contributed by atoms with Crippen LogP contribution in [0.1, 0.15) is 27.0 Å². The summed E-state index contributed by atoms with van der Waals surface area (Å²) >= 11 is 0. The van der Waals surface area contributed by atoms with E-state index in [1.54, 1.807) is 24.3 Å². The number of para-hydroxylation sites is 1. The molecule has 0 aliphatic rings. The fourth-order valence-electron chi connectivity index (χ4n) is 3.08. The second-order valence-electron chi connectivity index (χ2n) is 6.98. The molecule has 2 aromatic carbocycles. The van der Waals surface area contributed by atoms with Crippen molar-refractivity contribution in [1.29, 1.82) is 0 Å². The summed E-state index contributed by atoms with van der Waals surface area (Å²) in [5.74, 6) is 1.57. The number of amides is 1. The Morgan fingerprint density at radius 3 is 2.38 bits per heavy atom. The minimum atomic E-state index is -0.0355. The van der Waals surface area contributed by atoms with Gasteiger partial charge in [0.2, 0.25) is 0 Å². The number of benzene rings is 2. The van der Waals surface area contributed by atoms with Crippen LogP contribution in [0, 0.1) is 13.8 Å². The minimum absolute atomic E-state index is 0.0355. The van der Waals surface area contributed by atoms with E-state index >= 15 is 0 Å². The van der Waals surface area contributed by atoms with E-state index in [1.807, 2.05) is 68.4 Å². The van der Waals surface area contributed by atoms with Gasteiger partial charge in [-0.3, -0.25) is 9.78 Å². The summed E-state index contributed by atoms with van der Waals surface area (Å²) < 4.78 is 11.7. The third-order valence-electron chi connectivity index (χ3n) is 4.60. The zero-order chi connectivity index (χ0) is 20.6. The number of rotatable bonds is 8. The van der Waals surface area contributed by atoms with Gasteiger partial charge in [-0.05, 0) is 55.3 Å². The first-order valence-corrected chi connectivity index (χ1v) is 9.61. The number of carbonyl (C=O) groups is 1. The number of hydrogen-bond acceptors (Lipinski definition) is 4. The van der Waals surface area contributed by atoms with Crippen molar-refractivity contribution in [2.24, 2.45) is 0 Å². The van der Waals surface area contributed by atoms with Gasteiger partial charge in [0, 0.05) is 30.6 Å². The van der Waals surface area contributed by atoms with Crippen LogP contribution in [0.5, 0.6) is 11.5 Å². The quantitative estimate of drug-likeness (QED) is 0.571. The first kappa shape index (κ1) is 20.4. The summed E-state index contributed by atoms with van der Waals surface area (Å²) in [6.45, 7) is 5.31. The number of pyridine rings is 1. The van der Waals surface area contributed by atoms with Gasteiger partial charge in [0.25, 0.3) is 5.91 Å². The summed E-state index contributed by atoms with van der Waals surface area (Å²) in [5, 5.41) is 0. The lowest BCUT2D eigenvalue weighted by Gasteiger charge is -2.19. The Morgan fingerprint density at radius 2 is 1.72 bits per heavy atom. The molecule has 0 radical (unpaired) electrons. The van der Waals surface area contributed by atoms with E-state index in [4.69, 9.17) is 9.47 Å². The van der Waals surface area contributed by atoms with Gasteiger partial charge in [-0.15, -0.1) is 0 Å². The molecular weight excluding hydrogens is 364 g/mol. The van der Waals surface area contributed by atoms with Gasteiger partial charge in [0.1, 0.15) is 24.7 Å². The molecule has 0 unspecified atom stereocenters. The molecule has 0 aliphatic carbocycles. The molecule has 1 amide bonds. The molecule has 0 aliphatic heterocycles. The highest BCUT2D eigenvalue weighted by atomic mass is 16.5. The fourth-order valence-corrected chi connectivity index (χ4v) is 3.08. The standard InChI is InChI=1S/C24H26N2O3/c1-18-14-21(15-19(2)23(18)29-17-20-8-7-11-25-16-20)24(27)26(3)12-13-28-22-9-5-4-6-10-22/h4-11,14-16H,12-13,17H2,1-3H3. The first-order chi connectivity index (χ1) is 14.0. The molecule has 0 fully saturated rings. The third kappa shape index (κ3) is 5.57. The van der Waals surface area contributed by atoms with Gasteiger partial charge in [-0.1, -0.05) is 24.3 Å². The Kier molecular flexibility index (Phi) is 6.85. The molecule has 5 heteroatoms. The molecule has 29 heavy (non-hydrogen) atoms. The summed E-state index contributed by atoms with van der Waals surface area (Å²) in [6, 6.07) is 17.2. The Balaban J connectivity index is 1.60. The maximum atomic E-state index is 12.8. The van der Waals surface area contributed by atoms with Crippen molar-refractivity contribution < 1.29 is 14.3 Å². The number of hydrogen-bond donors (Lipinski definition) is 0. The maximum Gasteiger partial charge on any atom is 0.253 e. The molecular formula is C24H26N2O3. The number of ether oxygens (including phenoxy) is 2. The molecule has 0 atom stereocenters. The zero-order valence-electron chi connectivity index (χ0n) is 17.1. The Labute approximate surface area is 171 Å². The van der Waals surface area contributed by atoms with Gasteiger partial charge in [0.15, 0.2) is 0 Å². The van der Waals surface area contributed by atoms with Crippen molar-refractivity contribution in [1.82, 2.24) is 9.88 Å². The van der Waals surface area contributed by atoms with Crippen LogP contribution < -0.4 is 9.47 Å². The van der Waals surface area contributed by atoms with Crippen LogP contribution in [0.15, 0.2) is 67.0 Å². The Morgan fingerprint density at radius 1 is 1.00 bits per heavy atom. The fraction of sp³-hybridized carbons (Fsp3) is 0.250. The highest BCUT2D eigenvalue weighted by Crippen LogP contribution is 2.26. The van der Waals surface area contributed by atoms with Crippen LogP contribution >= 0.6 is 0 Å². The summed E-state index contributed by atoms with van der Waals surface area (Å²) in [7, 11) is 1.79. The summed E-state index contributed by atoms with van der Waals surface area (Å²) in [6.07, 6.45) is 3.52. The van der Waals surface area contributed by atoms with Crippen molar-refractivity contribution in [3.8, 4) is 11.5 Å². The number of aromatic nitrogens is 1. The molecule has 0 saturated carbocycles. The van der Waals surface area contributed by atoms with Crippen LogP contribution in [0.25, 0.3) is 0 Å². The molecule has 3 rings (SSSR count). The zero-order valence-corrected chi connectivity index (χ0v) is 17.1. The number of nitrogens with zero attached hydrogens (tertiary/aromatic N) is 2. The Hall–Kier alpha value is -3.34. The highest BCUT2D eigenvalue weighted by Gasteiger charge is 2.15. The Bertz CT molecular complexity index is 920. The van der Waals surface area contributed by atoms with E-state index in [9.17, 15) is 4.79 Å². The molecule has 1 aromatic heterocycles. The second kappa shape index (κ2) is 9.73. The monoisotopic (exact) mass is 390 g/mol. The van der Waals surface area contributed by atoms with Gasteiger partial charge >= 0.3 is 0 Å². The molecule has 0 saturated heterocycles. The van der Waals surface area contributed by atoms with E-state index in [0.717, 1.165) is 28.2 Å². The van der Waals surface area contributed by atoms with Crippen molar-refractivity contribution in [3.63, 3.8) is 0 Å². The lowest BCUT2D eigenvalue weighted by molar-refractivity contribution is 0.0773. The van der Waals surface area contributed by atoms with Crippen molar-refractivity contribution in [2.75, 3.05) is 20.2 Å². The third-order valence-corrected chi connectivity index (χ3v) is 4.60. The largest absolute Gasteiger partial charge is 0.492 e. The molecule has 3 aromatic rings. The molecule has 0 N–H and O–H groups in total. The normalized spacial score (nSPS) is 10.4. The van der Waals surface area contributed by atoms with Crippen LogP contribution in [0.2, 0.25) is 0 Å². The lowest BCUT2D eigenvalue weighted by Crippen LogP contribution is -2.31. The van der Waals surface area contributed by atoms with Gasteiger partial charge in [0.05, 0.1) is 6.54 Å². The highest BCUT2D eigenvalue weighted by molar-refractivity contribution is 5.94. The average molecular weight is 390 g/mol. The number of aryl methyl sites for hydroxylation is 2. The number of likely N-dealkylation sites (N-methyl/N-ethyl adjacent to an activating group) is 1. The number of carbonyl (C=O) groups excluding carboxylic acids is 1. The van der Waals surface area contributed by atoms with Gasteiger partial charge in [-0.2, -0.15) is 0 Å². The second-order valence-corrected chi connectivity index (χ2v) is 6.98. The molecule has 150 valence electrons. The van der Waals surface area contributed by atoms with Crippen molar-refractivity contribution >= 4 is 5.91 Å². The smallest absolute Gasteiger partial charge is 0.253 e. The van der Waals surface area contributed by atoms with Crippen LogP contribution in [-0.2, 0) is 6.61 Å². The van der Waals surface area contributed by atoms with Gasteiger partial charge < -0.3 is 14.4 Å². The van der Waals surface area contributed by atoms with Crippen molar-refractivity contribution in [3.05, 3.63) is 89.2 Å². The molecule has 1 heterocycles. The average Bonchev–Trinajstić information content (AvgIpc) is 2.74. The molecule has 5 nitrogen and oxygen atoms in total. The maximum absolute atomic E-state index is 12.8. The van der Waals surface area contributed by atoms with Crippen LogP contribution in [-0.4, -0.2) is 36.0 Å². The van der Waals surface area contributed by atoms with E-state index in [0.29, 0.717) is 25.3 Å². The predicted octanol–water partition coefficient (Wildman–Crippen LogP) is 4.43. The van der Waals surface area contributed by atoms with Gasteiger partial charge in [-0.25, -0.2) is 0 Å². The first-order valence-electron chi connectivity index (χ1n) is 9.61. The van der Waals surface area contributed by atoms with E-state index in [2.05, 4.69) is 4.98 Å². The van der Waals surface area contributed by atoms with Crippen molar-refractivity contribution in [2.45, 2.75) is 20.5 Å². The SMILES string of the molecule is Cc1cc(C(=O)N(C)CCOc2ccccc2)cc(C)c1OCc1cccnc1. The summed E-state index contributed by atoms with van der Waals surface area (Å²) in [4.78, 5) is 18.6. The van der Waals surface area contributed by atoms with Crippen LogP contribution in [0.4, 0.5) is 0 Å². The summed E-state index contributed by atoms with van der Waals surface area (Å²) in [5.41, 5.74) is 3.53. The molecule has 0 spiro atoms. The van der Waals surface area contributed by atoms with Crippen LogP contribution in [0.3, 0.4) is 0 Å². The minimum Gasteiger partial charge on any atom is -0.492 e. The lowest BCUT2D eigenvalue weighted by atomic mass is 10.0.